The summed E-state index contributed by atoms with van der Waals surface area (Å²) in [5.41, 5.74) is 0. The van der Waals surface area contributed by atoms with E-state index in [1.165, 1.54) is 12.9 Å². The van der Waals surface area contributed by atoms with E-state index in [-0.39, 0.29) is 6.10 Å². The molecule has 0 aromatic heterocycles. The van der Waals surface area contributed by atoms with Gasteiger partial charge in [-0.3, -0.25) is 0 Å². The van der Waals surface area contributed by atoms with Crippen molar-refractivity contribution < 1.29 is 9.53 Å². The zero-order chi connectivity index (χ0) is 7.40. The fourth-order valence-corrected chi connectivity index (χ4v) is 1.27. The van der Waals surface area contributed by atoms with Crippen LogP contribution in [0.5, 0.6) is 0 Å². The van der Waals surface area contributed by atoms with Crippen LogP contribution in [-0.4, -0.2) is 25.2 Å². The van der Waals surface area contributed by atoms with Gasteiger partial charge in [0.15, 0.2) is 0 Å². The van der Waals surface area contributed by atoms with Crippen molar-refractivity contribution in [2.24, 2.45) is 0 Å². The minimum absolute atomic E-state index is 0.0278. The molecule has 0 spiro atoms. The van der Waals surface area contributed by atoms with Crippen LogP contribution in [0.1, 0.15) is 19.8 Å². The van der Waals surface area contributed by atoms with Crippen molar-refractivity contribution >= 4 is 6.47 Å². The molecule has 1 rings (SSSR count). The average Bonchev–Trinajstić information content (AvgIpc) is 2.38. The molecule has 2 atom stereocenters. The molecule has 1 heterocycles. The van der Waals surface area contributed by atoms with Gasteiger partial charge < -0.3 is 10.1 Å². The Morgan fingerprint density at radius 2 is 2.60 bits per heavy atom. The molecule has 0 saturated carbocycles. The molecule has 1 N–H and O–H groups in total. The highest BCUT2D eigenvalue weighted by atomic mass is 16.5. The van der Waals surface area contributed by atoms with Crippen LogP contribution in [0.25, 0.3) is 0 Å². The average molecular weight is 142 g/mol. The summed E-state index contributed by atoms with van der Waals surface area (Å²) in [4.78, 5) is 9.80. The van der Waals surface area contributed by atoms with Gasteiger partial charge in [0.05, 0.1) is 0 Å². The van der Waals surface area contributed by atoms with E-state index in [1.807, 2.05) is 6.92 Å². The van der Waals surface area contributed by atoms with Gasteiger partial charge in [0.2, 0.25) is 0 Å². The Morgan fingerprint density at radius 1 is 1.80 bits per heavy atom. The fraction of sp³-hybridized carbons (Fsp3) is 0.857. The van der Waals surface area contributed by atoms with Gasteiger partial charge in [0.25, 0.3) is 0 Å². The van der Waals surface area contributed by atoms with Crippen molar-refractivity contribution in [2.75, 3.05) is 6.54 Å². The minimum atomic E-state index is -0.0278. The Hall–Kier alpha value is -0.570. The molecular formula is C7H12NO2. The molecular weight excluding hydrogens is 130 g/mol. The molecule has 0 aromatic carbocycles. The van der Waals surface area contributed by atoms with Crippen molar-refractivity contribution in [3.63, 3.8) is 0 Å². The number of hydrogen-bond acceptors (Lipinski definition) is 3. The van der Waals surface area contributed by atoms with Gasteiger partial charge in [-0.15, -0.1) is 0 Å². The lowest BCUT2D eigenvalue weighted by Crippen LogP contribution is -2.34. The third kappa shape index (κ3) is 1.70. The fourth-order valence-electron chi connectivity index (χ4n) is 1.27. The maximum Gasteiger partial charge on any atom is 0.417 e. The van der Waals surface area contributed by atoms with E-state index < -0.39 is 0 Å². The van der Waals surface area contributed by atoms with Crippen LogP contribution in [0.2, 0.25) is 0 Å². The van der Waals surface area contributed by atoms with Gasteiger partial charge in [0, 0.05) is 6.04 Å². The highest BCUT2D eigenvalue weighted by Crippen LogP contribution is 2.10. The van der Waals surface area contributed by atoms with Crippen LogP contribution in [0.4, 0.5) is 0 Å². The van der Waals surface area contributed by atoms with Crippen molar-refractivity contribution in [2.45, 2.75) is 31.9 Å². The summed E-state index contributed by atoms with van der Waals surface area (Å²) in [7, 11) is 0. The van der Waals surface area contributed by atoms with Crippen LogP contribution in [0.3, 0.4) is 0 Å². The predicted octanol–water partition coefficient (Wildman–Crippen LogP) is 0.211. The predicted molar refractivity (Wildman–Crippen MR) is 37.3 cm³/mol. The molecule has 57 valence electrons. The molecule has 1 aliphatic heterocycles. The van der Waals surface area contributed by atoms with Crippen molar-refractivity contribution in [1.82, 2.24) is 5.32 Å². The lowest BCUT2D eigenvalue weighted by atomic mass is 10.1. The van der Waals surface area contributed by atoms with E-state index in [4.69, 9.17) is 0 Å². The van der Waals surface area contributed by atoms with Crippen LogP contribution in [-0.2, 0) is 9.53 Å². The first-order valence-electron chi connectivity index (χ1n) is 3.61. The number of rotatable bonds is 3. The second kappa shape index (κ2) is 3.56. The van der Waals surface area contributed by atoms with E-state index in [0.717, 1.165) is 13.0 Å². The molecule has 0 bridgehead atoms. The van der Waals surface area contributed by atoms with E-state index in [1.54, 1.807) is 0 Å². The van der Waals surface area contributed by atoms with Gasteiger partial charge >= 0.3 is 6.47 Å². The van der Waals surface area contributed by atoms with Crippen LogP contribution >= 0.6 is 0 Å². The summed E-state index contributed by atoms with van der Waals surface area (Å²) in [5.74, 6) is 0. The molecule has 0 amide bonds. The number of nitrogens with one attached hydrogen (secondary N) is 1. The van der Waals surface area contributed by atoms with Gasteiger partial charge in [0.1, 0.15) is 6.10 Å². The van der Waals surface area contributed by atoms with Crippen LogP contribution in [0.15, 0.2) is 0 Å². The van der Waals surface area contributed by atoms with Crippen molar-refractivity contribution in [1.29, 1.82) is 0 Å². The third-order valence-electron chi connectivity index (χ3n) is 1.90. The van der Waals surface area contributed by atoms with Gasteiger partial charge in [-0.1, -0.05) is 0 Å². The smallest absolute Gasteiger partial charge is 0.417 e. The zero-order valence-corrected chi connectivity index (χ0v) is 6.09. The Balaban J connectivity index is 2.24. The maximum absolute atomic E-state index is 9.80. The summed E-state index contributed by atoms with van der Waals surface area (Å²) in [6, 6.07) is 0.349. The SMILES string of the molecule is CC(O[C]=O)C1CCCN1. The van der Waals surface area contributed by atoms with Gasteiger partial charge in [-0.05, 0) is 26.3 Å². The molecule has 0 aliphatic carbocycles. The third-order valence-corrected chi connectivity index (χ3v) is 1.90. The zero-order valence-electron chi connectivity index (χ0n) is 6.09. The maximum atomic E-state index is 9.80. The number of carbonyl (C=O) groups excluding carboxylic acids is 1. The molecule has 2 unspecified atom stereocenters. The highest BCUT2D eigenvalue weighted by Gasteiger charge is 2.21. The van der Waals surface area contributed by atoms with Crippen LogP contribution < -0.4 is 5.32 Å². The number of ether oxygens (including phenoxy) is 1. The molecule has 1 saturated heterocycles. The highest BCUT2D eigenvalue weighted by molar-refractivity contribution is 5.38. The summed E-state index contributed by atoms with van der Waals surface area (Å²) < 4.78 is 4.66. The normalized spacial score (nSPS) is 27.9. The summed E-state index contributed by atoms with van der Waals surface area (Å²) in [6.45, 7) is 4.38. The summed E-state index contributed by atoms with van der Waals surface area (Å²) in [6.07, 6.45) is 2.25. The van der Waals surface area contributed by atoms with E-state index >= 15 is 0 Å². The molecule has 0 aromatic rings. The molecule has 1 aliphatic rings. The largest absolute Gasteiger partial charge is 0.453 e. The second-order valence-corrected chi connectivity index (χ2v) is 2.61. The Kier molecular flexibility index (Phi) is 2.68. The summed E-state index contributed by atoms with van der Waals surface area (Å²) >= 11 is 0. The minimum Gasteiger partial charge on any atom is -0.453 e. The topological polar surface area (TPSA) is 38.3 Å². The molecule has 1 fully saturated rings. The standard InChI is InChI=1S/C7H12NO2/c1-6(10-5-9)7-3-2-4-8-7/h6-8H,2-4H2,1H3. The Bertz CT molecular complexity index is 110. The molecule has 3 heteroatoms. The number of hydrogen-bond donors (Lipinski definition) is 1. The van der Waals surface area contributed by atoms with Gasteiger partial charge in [-0.2, -0.15) is 0 Å². The van der Waals surface area contributed by atoms with E-state index in [2.05, 4.69) is 10.1 Å². The van der Waals surface area contributed by atoms with E-state index in [0.29, 0.717) is 6.04 Å². The molecule has 3 nitrogen and oxygen atoms in total. The molecule has 10 heavy (non-hydrogen) atoms. The monoisotopic (exact) mass is 142 g/mol. The first-order valence-corrected chi connectivity index (χ1v) is 3.61. The second-order valence-electron chi connectivity index (χ2n) is 2.61. The lowest BCUT2D eigenvalue weighted by molar-refractivity contribution is 0.157. The Labute approximate surface area is 60.7 Å². The van der Waals surface area contributed by atoms with Crippen molar-refractivity contribution in [3.05, 3.63) is 0 Å². The van der Waals surface area contributed by atoms with Gasteiger partial charge in [-0.25, -0.2) is 4.79 Å². The first kappa shape index (κ1) is 7.54. The lowest BCUT2D eigenvalue weighted by Gasteiger charge is -2.15. The first-order chi connectivity index (χ1) is 4.84. The summed E-state index contributed by atoms with van der Waals surface area (Å²) in [5, 5.41) is 3.24. The molecule has 1 radical (unpaired) electrons. The van der Waals surface area contributed by atoms with Crippen molar-refractivity contribution in [3.8, 4) is 0 Å². The van der Waals surface area contributed by atoms with Crippen LogP contribution in [0, 0.1) is 0 Å². The Morgan fingerprint density at radius 3 is 3.10 bits per heavy atom. The quantitative estimate of drug-likeness (QED) is 0.612. The van der Waals surface area contributed by atoms with E-state index in [9.17, 15) is 4.79 Å².